The molecule has 3 aliphatic rings. The number of likely N-dealkylation sites (tertiary alicyclic amines) is 1. The average molecular weight is 434 g/mol. The van der Waals surface area contributed by atoms with E-state index in [1.165, 1.54) is 22.1 Å². The highest BCUT2D eigenvalue weighted by molar-refractivity contribution is 7.92. The highest BCUT2D eigenvalue weighted by Crippen LogP contribution is 2.38. The van der Waals surface area contributed by atoms with Crippen LogP contribution in [-0.2, 0) is 35.7 Å². The van der Waals surface area contributed by atoms with Crippen LogP contribution < -0.4 is 10.0 Å². The molecule has 4 rings (SSSR count). The maximum absolute atomic E-state index is 12.5. The zero-order valence-corrected chi connectivity index (χ0v) is 17.8. The van der Waals surface area contributed by atoms with Crippen LogP contribution in [0.5, 0.6) is 0 Å². The van der Waals surface area contributed by atoms with Gasteiger partial charge in [0, 0.05) is 17.6 Å². The number of hydrogen-bond donors (Lipinski definition) is 3. The summed E-state index contributed by atoms with van der Waals surface area (Å²) in [6, 6.07) is 1.45. The molecule has 9 heteroatoms. The first-order valence-corrected chi connectivity index (χ1v) is 11.9. The number of anilines is 1. The Bertz CT molecular complexity index is 1000. The van der Waals surface area contributed by atoms with Crippen molar-refractivity contribution < 1.29 is 23.1 Å². The number of amides is 3. The average Bonchev–Trinajstić information content (AvgIpc) is 3.38. The number of carbonyl (C=O) groups excluding carboxylic acids is 1. The SMILES string of the molecule is CC1(C=CS(=O)(=O)NC(=O)Nc2c3c(cc4c2CCC4)CCC3)CCCN1C(=O)O. The molecule has 1 saturated heterocycles. The number of urea groups is 1. The lowest BCUT2D eigenvalue weighted by Gasteiger charge is -2.29. The number of benzene rings is 1. The summed E-state index contributed by atoms with van der Waals surface area (Å²) in [5, 5.41) is 13.0. The summed E-state index contributed by atoms with van der Waals surface area (Å²) < 4.78 is 26.9. The monoisotopic (exact) mass is 433 g/mol. The molecular formula is C21H27N3O5S. The first kappa shape index (κ1) is 20.7. The zero-order chi connectivity index (χ0) is 21.5. The molecule has 2 aliphatic carbocycles. The van der Waals surface area contributed by atoms with Gasteiger partial charge in [0.15, 0.2) is 0 Å². The maximum Gasteiger partial charge on any atom is 0.407 e. The van der Waals surface area contributed by atoms with Crippen molar-refractivity contribution in [2.24, 2.45) is 0 Å². The van der Waals surface area contributed by atoms with Crippen molar-refractivity contribution in [2.75, 3.05) is 11.9 Å². The van der Waals surface area contributed by atoms with Gasteiger partial charge in [-0.1, -0.05) is 6.07 Å². The zero-order valence-electron chi connectivity index (χ0n) is 17.0. The van der Waals surface area contributed by atoms with E-state index in [1.807, 2.05) is 4.72 Å². The standard InChI is InChI=1S/C21H27N3O5S/c1-21(9-4-11-24(21)20(26)27)10-12-30(28,29)23-19(25)22-18-16-7-2-5-14(16)13-15-6-3-8-17(15)18/h10,12-13H,2-9,11H2,1H3,(H,26,27)(H2,22,23,25). The van der Waals surface area contributed by atoms with Gasteiger partial charge in [0.1, 0.15) is 0 Å². The first-order valence-electron chi connectivity index (χ1n) is 10.4. The number of hydrogen-bond acceptors (Lipinski definition) is 4. The molecule has 1 heterocycles. The molecular weight excluding hydrogens is 406 g/mol. The Balaban J connectivity index is 1.49. The molecule has 3 amide bonds. The Kier molecular flexibility index (Phi) is 5.25. The normalized spacial score (nSPS) is 22.9. The molecule has 1 atom stereocenters. The molecule has 1 unspecified atom stereocenters. The second kappa shape index (κ2) is 7.61. The Labute approximate surface area is 176 Å². The van der Waals surface area contributed by atoms with E-state index in [0.29, 0.717) is 19.4 Å². The maximum atomic E-state index is 12.5. The van der Waals surface area contributed by atoms with Crippen molar-refractivity contribution in [1.82, 2.24) is 9.62 Å². The van der Waals surface area contributed by atoms with Gasteiger partial charge in [0.05, 0.1) is 5.54 Å². The molecule has 1 aromatic carbocycles. The summed E-state index contributed by atoms with van der Waals surface area (Å²) >= 11 is 0. The molecule has 0 bridgehead atoms. The van der Waals surface area contributed by atoms with Crippen LogP contribution in [0.3, 0.4) is 0 Å². The largest absolute Gasteiger partial charge is 0.465 e. The number of rotatable bonds is 4. The third kappa shape index (κ3) is 3.90. The van der Waals surface area contributed by atoms with Crippen molar-refractivity contribution in [3.63, 3.8) is 0 Å². The van der Waals surface area contributed by atoms with Crippen molar-refractivity contribution in [2.45, 2.75) is 63.8 Å². The van der Waals surface area contributed by atoms with Crippen molar-refractivity contribution in [3.05, 3.63) is 39.8 Å². The smallest absolute Gasteiger partial charge is 0.407 e. The predicted molar refractivity (Wildman–Crippen MR) is 113 cm³/mol. The van der Waals surface area contributed by atoms with Crippen molar-refractivity contribution in [3.8, 4) is 0 Å². The summed E-state index contributed by atoms with van der Waals surface area (Å²) in [4.78, 5) is 25.1. The van der Waals surface area contributed by atoms with E-state index in [4.69, 9.17) is 0 Å². The summed E-state index contributed by atoms with van der Waals surface area (Å²) in [7, 11) is -4.07. The molecule has 0 aromatic heterocycles. The quantitative estimate of drug-likeness (QED) is 0.675. The number of aryl methyl sites for hydroxylation is 2. The van der Waals surface area contributed by atoms with Gasteiger partial charge in [0.2, 0.25) is 0 Å². The minimum atomic E-state index is -4.07. The fraction of sp³-hybridized carbons (Fsp3) is 0.524. The minimum Gasteiger partial charge on any atom is -0.465 e. The van der Waals surface area contributed by atoms with Crippen LogP contribution in [0.2, 0.25) is 0 Å². The van der Waals surface area contributed by atoms with Crippen molar-refractivity contribution in [1.29, 1.82) is 0 Å². The molecule has 0 saturated carbocycles. The molecule has 0 radical (unpaired) electrons. The minimum absolute atomic E-state index is 0.356. The van der Waals surface area contributed by atoms with E-state index < -0.39 is 27.7 Å². The lowest BCUT2D eigenvalue weighted by atomic mass is 9.99. The summed E-state index contributed by atoms with van der Waals surface area (Å²) in [5.74, 6) is 0. The molecule has 162 valence electrons. The number of sulfonamides is 1. The van der Waals surface area contributed by atoms with E-state index in [1.54, 1.807) is 6.92 Å². The Hall–Kier alpha value is -2.55. The van der Waals surface area contributed by atoms with Crippen LogP contribution in [0.4, 0.5) is 15.3 Å². The lowest BCUT2D eigenvalue weighted by Crippen LogP contribution is -2.43. The van der Waals surface area contributed by atoms with Gasteiger partial charge in [0.25, 0.3) is 10.0 Å². The van der Waals surface area contributed by atoms with E-state index >= 15 is 0 Å². The number of fused-ring (bicyclic) bond motifs is 2. The van der Waals surface area contributed by atoms with Crippen LogP contribution in [-0.4, -0.2) is 42.6 Å². The first-order chi connectivity index (χ1) is 14.2. The van der Waals surface area contributed by atoms with Crippen LogP contribution in [0, 0.1) is 0 Å². The fourth-order valence-electron chi connectivity index (χ4n) is 4.98. The second-order valence-corrected chi connectivity index (χ2v) is 10.1. The topological polar surface area (TPSA) is 116 Å². The van der Waals surface area contributed by atoms with E-state index in [0.717, 1.165) is 60.7 Å². The second-order valence-electron chi connectivity index (χ2n) is 8.53. The third-order valence-electron chi connectivity index (χ3n) is 6.46. The van der Waals surface area contributed by atoms with Gasteiger partial charge in [-0.2, -0.15) is 0 Å². The van der Waals surface area contributed by atoms with Gasteiger partial charge in [-0.25, -0.2) is 22.7 Å². The third-order valence-corrected chi connectivity index (χ3v) is 7.43. The van der Waals surface area contributed by atoms with Crippen LogP contribution in [0.15, 0.2) is 17.6 Å². The lowest BCUT2D eigenvalue weighted by molar-refractivity contribution is 0.126. The van der Waals surface area contributed by atoms with Crippen LogP contribution in [0.25, 0.3) is 0 Å². The number of carbonyl (C=O) groups is 2. The number of carboxylic acid groups (broad SMARTS) is 1. The van der Waals surface area contributed by atoms with Gasteiger partial charge in [-0.05, 0) is 86.6 Å². The van der Waals surface area contributed by atoms with Crippen LogP contribution >= 0.6 is 0 Å². The molecule has 1 fully saturated rings. The van der Waals surface area contributed by atoms with Gasteiger partial charge in [-0.3, -0.25) is 4.90 Å². The molecule has 3 N–H and O–H groups in total. The molecule has 1 aromatic rings. The van der Waals surface area contributed by atoms with E-state index in [9.17, 15) is 23.1 Å². The number of nitrogens with zero attached hydrogens (tertiary/aromatic N) is 1. The summed E-state index contributed by atoms with van der Waals surface area (Å²) in [6.07, 6.45) is 7.25. The highest BCUT2D eigenvalue weighted by Gasteiger charge is 2.38. The highest BCUT2D eigenvalue weighted by atomic mass is 32.2. The van der Waals surface area contributed by atoms with Gasteiger partial charge in [-0.15, -0.1) is 0 Å². The molecule has 1 aliphatic heterocycles. The van der Waals surface area contributed by atoms with Crippen molar-refractivity contribution >= 4 is 27.8 Å². The molecule has 8 nitrogen and oxygen atoms in total. The Morgan fingerprint density at radius 3 is 2.33 bits per heavy atom. The van der Waals surface area contributed by atoms with E-state index in [-0.39, 0.29) is 0 Å². The molecule has 0 spiro atoms. The Morgan fingerprint density at radius 1 is 1.10 bits per heavy atom. The predicted octanol–water partition coefficient (Wildman–Crippen LogP) is 3.16. The van der Waals surface area contributed by atoms with Crippen LogP contribution in [0.1, 0.15) is 54.9 Å². The number of nitrogens with one attached hydrogen (secondary N) is 2. The molecule has 30 heavy (non-hydrogen) atoms. The summed E-state index contributed by atoms with van der Waals surface area (Å²) in [6.45, 7) is 2.03. The van der Waals surface area contributed by atoms with E-state index in [2.05, 4.69) is 11.4 Å². The van der Waals surface area contributed by atoms with Gasteiger partial charge < -0.3 is 10.4 Å². The van der Waals surface area contributed by atoms with Gasteiger partial charge >= 0.3 is 12.1 Å². The fourth-order valence-corrected chi connectivity index (χ4v) is 5.83. The Morgan fingerprint density at radius 2 is 1.73 bits per heavy atom. The summed E-state index contributed by atoms with van der Waals surface area (Å²) in [5.41, 5.74) is 4.60.